The highest BCUT2D eigenvalue weighted by Crippen LogP contribution is 2.40. The van der Waals surface area contributed by atoms with Crippen LogP contribution in [0.15, 0.2) is 31.9 Å². The standard InChI is InChI=1S/C21H21ClN2O5/c1-11-12(2)21(26)28-18-8-19(16(22)7-15(11)18)27-10-20(25)24(3)9-14-6-17(29-23-14)13-4-5-13/h6-8,13H,4-5,9-10H2,1-3H3. The molecule has 4 rings (SSSR count). The first kappa shape index (κ1) is 19.5. The molecule has 0 atom stereocenters. The number of amides is 1. The Morgan fingerprint density at radius 2 is 2.03 bits per heavy atom. The van der Waals surface area contributed by atoms with Gasteiger partial charge in [0.25, 0.3) is 5.91 Å². The SMILES string of the molecule is Cc1c(C)c2cc(Cl)c(OCC(=O)N(C)Cc3cc(C4CC4)on3)cc2oc1=O. The van der Waals surface area contributed by atoms with E-state index in [1.165, 1.54) is 4.90 Å². The molecule has 1 saturated carbocycles. The predicted octanol–water partition coefficient (Wildman–Crippen LogP) is 3.97. The minimum Gasteiger partial charge on any atom is -0.482 e. The van der Waals surface area contributed by atoms with Gasteiger partial charge >= 0.3 is 5.63 Å². The lowest BCUT2D eigenvalue weighted by atomic mass is 10.1. The van der Waals surface area contributed by atoms with Crippen LogP contribution in [0.5, 0.6) is 5.75 Å². The number of benzene rings is 1. The van der Waals surface area contributed by atoms with E-state index in [4.69, 9.17) is 25.3 Å². The fourth-order valence-corrected chi connectivity index (χ4v) is 3.32. The van der Waals surface area contributed by atoms with Crippen LogP contribution in [0.4, 0.5) is 0 Å². The number of ether oxygens (including phenoxy) is 1. The van der Waals surface area contributed by atoms with Crippen LogP contribution in [-0.2, 0) is 11.3 Å². The number of fused-ring (bicyclic) bond motifs is 1. The molecule has 3 aromatic rings. The van der Waals surface area contributed by atoms with Gasteiger partial charge < -0.3 is 18.6 Å². The maximum Gasteiger partial charge on any atom is 0.339 e. The van der Waals surface area contributed by atoms with Crippen LogP contribution in [0.2, 0.25) is 5.02 Å². The van der Waals surface area contributed by atoms with Crippen LogP contribution in [-0.4, -0.2) is 29.6 Å². The first-order chi connectivity index (χ1) is 13.8. The molecule has 0 spiro atoms. The van der Waals surface area contributed by atoms with E-state index in [-0.39, 0.29) is 18.3 Å². The molecule has 1 amide bonds. The highest BCUT2D eigenvalue weighted by molar-refractivity contribution is 6.32. The molecular weight excluding hydrogens is 396 g/mol. The highest BCUT2D eigenvalue weighted by atomic mass is 35.5. The van der Waals surface area contributed by atoms with E-state index in [0.29, 0.717) is 34.3 Å². The van der Waals surface area contributed by atoms with Crippen molar-refractivity contribution in [1.82, 2.24) is 10.1 Å². The van der Waals surface area contributed by atoms with Crippen molar-refractivity contribution in [2.45, 2.75) is 39.2 Å². The molecule has 1 aromatic carbocycles. The fraction of sp³-hybridized carbons (Fsp3) is 0.381. The van der Waals surface area contributed by atoms with Gasteiger partial charge in [-0.3, -0.25) is 4.79 Å². The maximum absolute atomic E-state index is 12.4. The van der Waals surface area contributed by atoms with Crippen molar-refractivity contribution in [3.8, 4) is 5.75 Å². The number of likely N-dealkylation sites (N-methyl/N-ethyl adjacent to an activating group) is 1. The van der Waals surface area contributed by atoms with Crippen molar-refractivity contribution >= 4 is 28.5 Å². The van der Waals surface area contributed by atoms with Crippen LogP contribution >= 0.6 is 11.6 Å². The molecule has 7 nitrogen and oxygen atoms in total. The summed E-state index contributed by atoms with van der Waals surface area (Å²) >= 11 is 6.31. The molecular formula is C21H21ClN2O5. The Hall–Kier alpha value is -2.80. The Kier molecular flexibility index (Phi) is 5.08. The number of carbonyl (C=O) groups is 1. The second kappa shape index (κ2) is 7.55. The summed E-state index contributed by atoms with van der Waals surface area (Å²) in [6.07, 6.45) is 2.26. The van der Waals surface area contributed by atoms with E-state index in [1.807, 2.05) is 13.0 Å². The normalized spacial score (nSPS) is 13.7. The van der Waals surface area contributed by atoms with Gasteiger partial charge in [-0.1, -0.05) is 16.8 Å². The number of aromatic nitrogens is 1. The second-order valence-electron chi connectivity index (χ2n) is 7.45. The Bertz CT molecular complexity index is 1150. The Labute approximate surface area is 172 Å². The van der Waals surface area contributed by atoms with E-state index in [2.05, 4.69) is 5.16 Å². The molecule has 1 fully saturated rings. The molecule has 8 heteroatoms. The highest BCUT2D eigenvalue weighted by Gasteiger charge is 2.28. The zero-order valence-electron chi connectivity index (χ0n) is 16.5. The third-order valence-electron chi connectivity index (χ3n) is 5.24. The van der Waals surface area contributed by atoms with Gasteiger partial charge in [-0.2, -0.15) is 0 Å². The fourth-order valence-electron chi connectivity index (χ4n) is 3.10. The third kappa shape index (κ3) is 4.00. The summed E-state index contributed by atoms with van der Waals surface area (Å²) in [5, 5.41) is 5.10. The summed E-state index contributed by atoms with van der Waals surface area (Å²) < 4.78 is 16.2. The van der Waals surface area contributed by atoms with Crippen LogP contribution in [0.1, 0.15) is 41.3 Å². The Morgan fingerprint density at radius 3 is 2.76 bits per heavy atom. The zero-order valence-corrected chi connectivity index (χ0v) is 17.2. The Morgan fingerprint density at radius 1 is 1.28 bits per heavy atom. The van der Waals surface area contributed by atoms with Gasteiger partial charge in [-0.25, -0.2) is 4.79 Å². The lowest BCUT2D eigenvalue weighted by molar-refractivity contribution is -0.132. The van der Waals surface area contributed by atoms with Crippen LogP contribution in [0.3, 0.4) is 0 Å². The Balaban J connectivity index is 1.43. The number of carbonyl (C=O) groups excluding carboxylic acids is 1. The van der Waals surface area contributed by atoms with Crippen molar-refractivity contribution in [2.24, 2.45) is 0 Å². The van der Waals surface area contributed by atoms with Gasteiger partial charge in [0.1, 0.15) is 22.8 Å². The third-order valence-corrected chi connectivity index (χ3v) is 5.54. The van der Waals surface area contributed by atoms with Gasteiger partial charge in [0.15, 0.2) is 6.61 Å². The van der Waals surface area contributed by atoms with Crippen LogP contribution in [0, 0.1) is 13.8 Å². The molecule has 0 N–H and O–H groups in total. The average molecular weight is 417 g/mol. The second-order valence-corrected chi connectivity index (χ2v) is 7.86. The summed E-state index contributed by atoms with van der Waals surface area (Å²) in [5.41, 5.74) is 2.01. The number of aryl methyl sites for hydroxylation is 1. The van der Waals surface area contributed by atoms with Crippen molar-refractivity contribution in [3.63, 3.8) is 0 Å². The van der Waals surface area contributed by atoms with E-state index in [9.17, 15) is 9.59 Å². The van der Waals surface area contributed by atoms with Crippen molar-refractivity contribution in [1.29, 1.82) is 0 Å². The largest absolute Gasteiger partial charge is 0.482 e. The van der Waals surface area contributed by atoms with Crippen molar-refractivity contribution in [3.05, 3.63) is 56.2 Å². The van der Waals surface area contributed by atoms with Crippen LogP contribution < -0.4 is 10.4 Å². The summed E-state index contributed by atoms with van der Waals surface area (Å²) in [7, 11) is 1.67. The molecule has 2 heterocycles. The van der Waals surface area contributed by atoms with Gasteiger partial charge in [-0.05, 0) is 38.3 Å². The van der Waals surface area contributed by atoms with Crippen LogP contribution in [0.25, 0.3) is 11.0 Å². The quantitative estimate of drug-likeness (QED) is 0.565. The van der Waals surface area contributed by atoms with Crippen molar-refractivity contribution in [2.75, 3.05) is 13.7 Å². The summed E-state index contributed by atoms with van der Waals surface area (Å²) in [6, 6.07) is 5.12. The van der Waals surface area contributed by atoms with Gasteiger partial charge in [0.2, 0.25) is 0 Å². The molecule has 0 bridgehead atoms. The zero-order chi connectivity index (χ0) is 20.7. The van der Waals surface area contributed by atoms with E-state index in [1.54, 1.807) is 26.1 Å². The molecule has 0 unspecified atom stereocenters. The van der Waals surface area contributed by atoms with Gasteiger partial charge in [0, 0.05) is 36.0 Å². The minimum absolute atomic E-state index is 0.204. The minimum atomic E-state index is -0.405. The topological polar surface area (TPSA) is 85.8 Å². The average Bonchev–Trinajstić information content (AvgIpc) is 3.44. The molecule has 29 heavy (non-hydrogen) atoms. The maximum atomic E-state index is 12.4. The van der Waals surface area contributed by atoms with Gasteiger partial charge in [0.05, 0.1) is 11.6 Å². The van der Waals surface area contributed by atoms with E-state index < -0.39 is 5.63 Å². The number of hydrogen-bond acceptors (Lipinski definition) is 6. The summed E-state index contributed by atoms with van der Waals surface area (Å²) in [6.45, 7) is 3.67. The first-order valence-electron chi connectivity index (χ1n) is 9.39. The lowest BCUT2D eigenvalue weighted by Gasteiger charge is -2.16. The van der Waals surface area contributed by atoms with E-state index >= 15 is 0 Å². The lowest BCUT2D eigenvalue weighted by Crippen LogP contribution is -2.31. The molecule has 2 aromatic heterocycles. The number of halogens is 1. The molecule has 1 aliphatic rings. The number of hydrogen-bond donors (Lipinski definition) is 0. The predicted molar refractivity (Wildman–Crippen MR) is 107 cm³/mol. The molecule has 0 aliphatic heterocycles. The van der Waals surface area contributed by atoms with E-state index in [0.717, 1.165) is 29.6 Å². The monoisotopic (exact) mass is 416 g/mol. The molecule has 1 aliphatic carbocycles. The van der Waals surface area contributed by atoms with Crippen molar-refractivity contribution < 1.29 is 18.5 Å². The molecule has 0 saturated heterocycles. The summed E-state index contributed by atoms with van der Waals surface area (Å²) in [5.74, 6) is 1.40. The van der Waals surface area contributed by atoms with Gasteiger partial charge in [-0.15, -0.1) is 0 Å². The number of nitrogens with zero attached hydrogens (tertiary/aromatic N) is 2. The smallest absolute Gasteiger partial charge is 0.339 e. The summed E-state index contributed by atoms with van der Waals surface area (Å²) in [4.78, 5) is 25.9. The first-order valence-corrected chi connectivity index (χ1v) is 9.77. The molecule has 152 valence electrons. The molecule has 0 radical (unpaired) electrons. The number of rotatable bonds is 6.